The van der Waals surface area contributed by atoms with Crippen LogP contribution in [-0.4, -0.2) is 29.2 Å². The van der Waals surface area contributed by atoms with Gasteiger partial charge in [-0.05, 0) is 35.9 Å². The summed E-state index contributed by atoms with van der Waals surface area (Å²) in [6.07, 6.45) is 1.51. The molecule has 2 aromatic carbocycles. The van der Waals surface area contributed by atoms with E-state index in [1.165, 1.54) is 18.3 Å². The monoisotopic (exact) mass is 381 g/mol. The van der Waals surface area contributed by atoms with Crippen LogP contribution in [0.2, 0.25) is 0 Å². The molecule has 1 aliphatic heterocycles. The van der Waals surface area contributed by atoms with Crippen molar-refractivity contribution >= 4 is 22.5 Å². The number of ether oxygens (including phenoxy) is 3. The normalized spacial score (nSPS) is 12.0. The molecule has 0 radical (unpaired) electrons. The number of amides is 1. The number of non-ortho nitro benzene ring substituents is 1. The highest BCUT2D eigenvalue weighted by Gasteiger charge is 2.17. The first-order chi connectivity index (χ1) is 13.6. The molecule has 0 saturated carbocycles. The number of aromatic nitrogens is 1. The number of nitrogens with zero attached hydrogens (tertiary/aromatic N) is 2. The summed E-state index contributed by atoms with van der Waals surface area (Å²) in [5, 5.41) is 14.2. The Hall–Kier alpha value is -3.88. The Morgan fingerprint density at radius 3 is 2.93 bits per heavy atom. The van der Waals surface area contributed by atoms with Crippen LogP contribution in [0.1, 0.15) is 5.56 Å². The molecular weight excluding hydrogens is 366 g/mol. The zero-order valence-corrected chi connectivity index (χ0v) is 14.6. The number of nitro benzene ring substituents is 1. The minimum absolute atomic E-state index is 0.0669. The number of nitro groups is 1. The first kappa shape index (κ1) is 17.5. The summed E-state index contributed by atoms with van der Waals surface area (Å²) >= 11 is 0. The van der Waals surface area contributed by atoms with Crippen molar-refractivity contribution in [2.45, 2.75) is 6.54 Å². The third-order valence-corrected chi connectivity index (χ3v) is 4.19. The summed E-state index contributed by atoms with van der Waals surface area (Å²) in [6, 6.07) is 11.4. The van der Waals surface area contributed by atoms with E-state index in [4.69, 9.17) is 14.2 Å². The largest absolute Gasteiger partial charge is 0.481 e. The van der Waals surface area contributed by atoms with E-state index in [1.807, 2.05) is 6.07 Å². The number of hydrogen-bond donors (Lipinski definition) is 1. The molecule has 28 heavy (non-hydrogen) atoms. The standard InChI is InChI=1S/C19H15N3O6/c23-18(21-9-12-3-5-15-17(8-12)28-11-27-15)10-26-16-6-4-14(22(24)25)13-2-1-7-20-19(13)16/h1-8H,9-11H2,(H,21,23). The zero-order valence-electron chi connectivity index (χ0n) is 14.6. The van der Waals surface area contributed by atoms with E-state index in [-0.39, 0.29) is 25.0 Å². The average Bonchev–Trinajstić information content (AvgIpc) is 3.18. The fraction of sp³-hybridized carbons (Fsp3) is 0.158. The zero-order chi connectivity index (χ0) is 19.5. The molecule has 0 saturated heterocycles. The molecule has 0 bridgehead atoms. The highest BCUT2D eigenvalue weighted by molar-refractivity contribution is 5.92. The summed E-state index contributed by atoms with van der Waals surface area (Å²) in [4.78, 5) is 26.9. The minimum Gasteiger partial charge on any atom is -0.481 e. The Bertz CT molecular complexity index is 1070. The van der Waals surface area contributed by atoms with Crippen molar-refractivity contribution in [1.82, 2.24) is 10.3 Å². The summed E-state index contributed by atoms with van der Waals surface area (Å²) in [7, 11) is 0. The van der Waals surface area contributed by atoms with Gasteiger partial charge in [0.1, 0.15) is 11.3 Å². The molecule has 0 fully saturated rings. The number of pyridine rings is 1. The number of benzene rings is 2. The highest BCUT2D eigenvalue weighted by Crippen LogP contribution is 2.33. The van der Waals surface area contributed by atoms with Crippen molar-refractivity contribution in [1.29, 1.82) is 0 Å². The SMILES string of the molecule is O=C(COc1ccc([N+](=O)[O-])c2cccnc12)NCc1ccc2c(c1)OCO2. The molecule has 4 rings (SSSR count). The Kier molecular flexibility index (Phi) is 4.63. The van der Waals surface area contributed by atoms with Crippen molar-refractivity contribution in [3.63, 3.8) is 0 Å². The van der Waals surface area contributed by atoms with Gasteiger partial charge >= 0.3 is 0 Å². The number of nitrogens with one attached hydrogen (secondary N) is 1. The van der Waals surface area contributed by atoms with E-state index < -0.39 is 4.92 Å². The molecule has 2 heterocycles. The van der Waals surface area contributed by atoms with E-state index in [2.05, 4.69) is 10.3 Å². The topological polar surface area (TPSA) is 113 Å². The van der Waals surface area contributed by atoms with Crippen molar-refractivity contribution in [2.24, 2.45) is 0 Å². The van der Waals surface area contributed by atoms with Crippen LogP contribution in [0.4, 0.5) is 5.69 Å². The third-order valence-electron chi connectivity index (χ3n) is 4.19. The summed E-state index contributed by atoms with van der Waals surface area (Å²) in [5.74, 6) is 1.29. The van der Waals surface area contributed by atoms with Gasteiger partial charge in [0.15, 0.2) is 18.1 Å². The lowest BCUT2D eigenvalue weighted by Gasteiger charge is -2.10. The van der Waals surface area contributed by atoms with Crippen LogP contribution >= 0.6 is 0 Å². The quantitative estimate of drug-likeness (QED) is 0.516. The summed E-state index contributed by atoms with van der Waals surface area (Å²) in [5.41, 5.74) is 1.13. The Labute approximate surface area is 159 Å². The van der Waals surface area contributed by atoms with Crippen LogP contribution in [-0.2, 0) is 11.3 Å². The lowest BCUT2D eigenvalue weighted by molar-refractivity contribution is -0.383. The number of rotatable bonds is 6. The van der Waals surface area contributed by atoms with Gasteiger partial charge < -0.3 is 19.5 Å². The van der Waals surface area contributed by atoms with Gasteiger partial charge in [-0.3, -0.25) is 19.9 Å². The maximum atomic E-state index is 12.1. The smallest absolute Gasteiger partial charge is 0.279 e. The Morgan fingerprint density at radius 2 is 2.07 bits per heavy atom. The van der Waals surface area contributed by atoms with Crippen LogP contribution < -0.4 is 19.5 Å². The number of fused-ring (bicyclic) bond motifs is 2. The third kappa shape index (κ3) is 3.50. The van der Waals surface area contributed by atoms with Crippen LogP contribution in [0.3, 0.4) is 0 Å². The van der Waals surface area contributed by atoms with Gasteiger partial charge in [0.25, 0.3) is 11.6 Å². The number of carbonyl (C=O) groups is 1. The second-order valence-electron chi connectivity index (χ2n) is 5.99. The van der Waals surface area contributed by atoms with Gasteiger partial charge in [-0.2, -0.15) is 0 Å². The van der Waals surface area contributed by atoms with Crippen molar-refractivity contribution in [3.8, 4) is 17.2 Å². The van der Waals surface area contributed by atoms with Crippen LogP contribution in [0.25, 0.3) is 10.9 Å². The second-order valence-corrected chi connectivity index (χ2v) is 5.99. The van der Waals surface area contributed by atoms with Gasteiger partial charge in [0.2, 0.25) is 6.79 Å². The van der Waals surface area contributed by atoms with Crippen LogP contribution in [0.15, 0.2) is 48.7 Å². The molecule has 9 heteroatoms. The molecule has 0 unspecified atom stereocenters. The first-order valence-corrected chi connectivity index (χ1v) is 8.42. The van der Waals surface area contributed by atoms with Gasteiger partial charge in [-0.1, -0.05) is 6.07 Å². The van der Waals surface area contributed by atoms with Gasteiger partial charge in [0, 0.05) is 18.8 Å². The lowest BCUT2D eigenvalue weighted by atomic mass is 10.1. The molecule has 1 N–H and O–H groups in total. The second kappa shape index (κ2) is 7.39. The van der Waals surface area contributed by atoms with E-state index in [0.717, 1.165) is 5.56 Å². The minimum atomic E-state index is -0.480. The fourth-order valence-corrected chi connectivity index (χ4v) is 2.85. The maximum Gasteiger partial charge on any atom is 0.279 e. The van der Waals surface area contributed by atoms with E-state index in [1.54, 1.807) is 24.3 Å². The van der Waals surface area contributed by atoms with Crippen molar-refractivity contribution in [3.05, 3.63) is 64.3 Å². The van der Waals surface area contributed by atoms with Gasteiger partial charge in [0.05, 0.1) is 10.3 Å². The first-order valence-electron chi connectivity index (χ1n) is 8.42. The molecular formula is C19H15N3O6. The molecule has 0 atom stereocenters. The van der Waals surface area contributed by atoms with Crippen LogP contribution in [0.5, 0.6) is 17.2 Å². The molecule has 142 valence electrons. The Morgan fingerprint density at radius 1 is 1.21 bits per heavy atom. The lowest BCUT2D eigenvalue weighted by Crippen LogP contribution is -2.28. The summed E-state index contributed by atoms with van der Waals surface area (Å²) < 4.78 is 16.1. The number of hydrogen-bond acceptors (Lipinski definition) is 7. The molecule has 9 nitrogen and oxygen atoms in total. The predicted octanol–water partition coefficient (Wildman–Crippen LogP) is 2.57. The van der Waals surface area contributed by atoms with Crippen LogP contribution in [0, 0.1) is 10.1 Å². The van der Waals surface area contributed by atoms with E-state index in [9.17, 15) is 14.9 Å². The summed E-state index contributed by atoms with van der Waals surface area (Å²) in [6.45, 7) is 0.252. The fourth-order valence-electron chi connectivity index (χ4n) is 2.85. The van der Waals surface area contributed by atoms with E-state index in [0.29, 0.717) is 34.7 Å². The average molecular weight is 381 g/mol. The van der Waals surface area contributed by atoms with Crippen molar-refractivity contribution < 1.29 is 23.9 Å². The Balaban J connectivity index is 1.40. The number of carbonyl (C=O) groups excluding carboxylic acids is 1. The predicted molar refractivity (Wildman–Crippen MR) is 98.3 cm³/mol. The van der Waals surface area contributed by atoms with Gasteiger partial charge in [-0.25, -0.2) is 0 Å². The molecule has 0 spiro atoms. The highest BCUT2D eigenvalue weighted by atomic mass is 16.7. The molecule has 1 amide bonds. The van der Waals surface area contributed by atoms with E-state index >= 15 is 0 Å². The van der Waals surface area contributed by atoms with Gasteiger partial charge in [-0.15, -0.1) is 0 Å². The molecule has 0 aliphatic carbocycles. The molecule has 1 aliphatic rings. The molecule has 1 aromatic heterocycles. The maximum absolute atomic E-state index is 12.1. The molecule has 3 aromatic rings. The van der Waals surface area contributed by atoms with Crippen molar-refractivity contribution in [2.75, 3.05) is 13.4 Å².